The minimum absolute atomic E-state index is 0.0286. The van der Waals surface area contributed by atoms with E-state index in [-0.39, 0.29) is 5.43 Å². The van der Waals surface area contributed by atoms with Crippen molar-refractivity contribution in [3.8, 4) is 11.5 Å². The molecular formula is C21H19NO2. The van der Waals surface area contributed by atoms with Crippen molar-refractivity contribution < 1.29 is 4.42 Å². The van der Waals surface area contributed by atoms with Crippen LogP contribution in [0, 0.1) is 0 Å². The zero-order valence-corrected chi connectivity index (χ0v) is 13.9. The summed E-state index contributed by atoms with van der Waals surface area (Å²) in [5.74, 6) is 1.07. The van der Waals surface area contributed by atoms with Crippen LogP contribution in [-0.2, 0) is 0 Å². The lowest BCUT2D eigenvalue weighted by molar-refractivity contribution is 0.607. The summed E-state index contributed by atoms with van der Waals surface area (Å²) in [6.45, 7) is 4.40. The minimum atomic E-state index is -0.0286. The lowest BCUT2D eigenvalue weighted by Crippen LogP contribution is -2.04. The van der Waals surface area contributed by atoms with Crippen LogP contribution in [0.4, 0.5) is 0 Å². The molecule has 1 heterocycles. The fraction of sp³-hybridized carbons (Fsp3) is 0.238. The number of aromatic nitrogens is 1. The summed E-state index contributed by atoms with van der Waals surface area (Å²) in [6.07, 6.45) is 2.19. The molecule has 0 fully saturated rings. The normalized spacial score (nSPS) is 11.8. The van der Waals surface area contributed by atoms with Gasteiger partial charge in [-0.2, -0.15) is 0 Å². The van der Waals surface area contributed by atoms with Gasteiger partial charge in [-0.05, 0) is 36.5 Å². The molecule has 0 spiro atoms. The molecule has 1 aliphatic carbocycles. The Kier molecular flexibility index (Phi) is 3.57. The summed E-state index contributed by atoms with van der Waals surface area (Å²) in [6, 6.07) is 15.3. The van der Waals surface area contributed by atoms with E-state index in [1.807, 2.05) is 30.3 Å². The number of fused-ring (bicyclic) bond motifs is 4. The topological polar surface area (TPSA) is 43.1 Å². The summed E-state index contributed by atoms with van der Waals surface area (Å²) in [5, 5.41) is 1.52. The average Bonchev–Trinajstić information content (AvgIpc) is 2.62. The molecule has 4 rings (SSSR count). The summed E-state index contributed by atoms with van der Waals surface area (Å²) < 4.78 is 6.05. The Morgan fingerprint density at radius 1 is 1.00 bits per heavy atom. The Labute approximate surface area is 140 Å². The maximum Gasteiger partial charge on any atom is 0.190 e. The molecule has 0 amide bonds. The van der Waals surface area contributed by atoms with Gasteiger partial charge < -0.3 is 4.42 Å². The Balaban J connectivity index is 2.02. The lowest BCUT2D eigenvalue weighted by atomic mass is 9.94. The molecule has 0 atom stereocenters. The van der Waals surface area contributed by atoms with Crippen molar-refractivity contribution in [1.29, 1.82) is 0 Å². The average molecular weight is 317 g/mol. The molecule has 0 unspecified atom stereocenters. The van der Waals surface area contributed by atoms with E-state index < -0.39 is 0 Å². The molecular weight excluding hydrogens is 298 g/mol. The Hall–Kier alpha value is -2.68. The first kappa shape index (κ1) is 14.9. The van der Waals surface area contributed by atoms with Crippen LogP contribution in [0.1, 0.15) is 38.2 Å². The first-order valence-corrected chi connectivity index (χ1v) is 8.47. The van der Waals surface area contributed by atoms with E-state index in [1.54, 1.807) is 6.07 Å². The molecule has 0 saturated carbocycles. The molecule has 0 bridgehead atoms. The van der Waals surface area contributed by atoms with E-state index in [9.17, 15) is 4.79 Å². The molecule has 3 nitrogen and oxygen atoms in total. The highest BCUT2D eigenvalue weighted by molar-refractivity contribution is 5.96. The van der Waals surface area contributed by atoms with Crippen molar-refractivity contribution in [2.75, 3.05) is 0 Å². The SMILES string of the molecule is CCC(CC)c1ccc2nc3c4ccccc4c(=O)cc-3oc2c1. The molecule has 2 aromatic rings. The van der Waals surface area contributed by atoms with Crippen LogP contribution in [-0.4, -0.2) is 4.98 Å². The Morgan fingerprint density at radius 3 is 2.50 bits per heavy atom. The quantitative estimate of drug-likeness (QED) is 0.378. The number of hydrogen-bond donors (Lipinski definition) is 0. The van der Waals surface area contributed by atoms with E-state index in [0.717, 1.165) is 35.0 Å². The van der Waals surface area contributed by atoms with E-state index in [2.05, 4.69) is 26.0 Å². The molecule has 24 heavy (non-hydrogen) atoms. The zero-order chi connectivity index (χ0) is 16.7. The summed E-state index contributed by atoms with van der Waals surface area (Å²) >= 11 is 0. The van der Waals surface area contributed by atoms with Gasteiger partial charge >= 0.3 is 0 Å². The van der Waals surface area contributed by atoms with Gasteiger partial charge in [0.15, 0.2) is 16.8 Å². The van der Waals surface area contributed by atoms with Crippen molar-refractivity contribution in [2.45, 2.75) is 32.6 Å². The molecule has 0 aromatic heterocycles. The summed E-state index contributed by atoms with van der Waals surface area (Å²) in [5.41, 5.74) is 3.54. The van der Waals surface area contributed by atoms with Crippen LogP contribution < -0.4 is 5.43 Å². The van der Waals surface area contributed by atoms with Gasteiger partial charge in [-0.3, -0.25) is 4.79 Å². The zero-order valence-electron chi connectivity index (χ0n) is 13.9. The molecule has 2 aromatic carbocycles. The van der Waals surface area contributed by atoms with Crippen molar-refractivity contribution in [2.24, 2.45) is 0 Å². The van der Waals surface area contributed by atoms with E-state index in [4.69, 9.17) is 9.40 Å². The Bertz CT molecular complexity index is 1060. The van der Waals surface area contributed by atoms with Crippen molar-refractivity contribution in [3.05, 3.63) is 64.3 Å². The van der Waals surface area contributed by atoms with Crippen molar-refractivity contribution in [3.63, 3.8) is 0 Å². The third-order valence-electron chi connectivity index (χ3n) is 4.84. The Morgan fingerprint density at radius 2 is 1.75 bits per heavy atom. The fourth-order valence-electron chi connectivity index (χ4n) is 3.45. The molecule has 120 valence electrons. The van der Waals surface area contributed by atoms with E-state index in [0.29, 0.717) is 17.1 Å². The van der Waals surface area contributed by atoms with E-state index >= 15 is 0 Å². The van der Waals surface area contributed by atoms with Crippen LogP contribution in [0.25, 0.3) is 33.3 Å². The number of hydrogen-bond acceptors (Lipinski definition) is 3. The second-order valence-corrected chi connectivity index (χ2v) is 6.22. The highest BCUT2D eigenvalue weighted by Gasteiger charge is 2.16. The third kappa shape index (κ3) is 2.28. The van der Waals surface area contributed by atoms with Crippen molar-refractivity contribution >= 4 is 21.9 Å². The maximum absolute atomic E-state index is 12.3. The maximum atomic E-state index is 12.3. The third-order valence-corrected chi connectivity index (χ3v) is 4.84. The van der Waals surface area contributed by atoms with Gasteiger partial charge in [-0.1, -0.05) is 44.2 Å². The largest absolute Gasteiger partial charge is 0.453 e. The molecule has 0 N–H and O–H groups in total. The first-order chi connectivity index (χ1) is 11.7. The molecule has 3 heteroatoms. The predicted molar refractivity (Wildman–Crippen MR) is 97.7 cm³/mol. The van der Waals surface area contributed by atoms with Crippen LogP contribution in [0.15, 0.2) is 57.7 Å². The number of rotatable bonds is 3. The van der Waals surface area contributed by atoms with E-state index in [1.165, 1.54) is 5.56 Å². The van der Waals surface area contributed by atoms with Gasteiger partial charge in [0.2, 0.25) is 0 Å². The second-order valence-electron chi connectivity index (χ2n) is 6.22. The van der Waals surface area contributed by atoms with Crippen LogP contribution >= 0.6 is 0 Å². The standard InChI is InChI=1S/C21H19NO2/c1-3-13(4-2)14-9-10-17-19(11-14)24-20-12-18(23)15-7-5-6-8-16(15)21(20)22-17/h5-13H,3-4H2,1-2H3. The highest BCUT2D eigenvalue weighted by Crippen LogP contribution is 2.32. The smallest absolute Gasteiger partial charge is 0.190 e. The predicted octanol–water partition coefficient (Wildman–Crippen LogP) is 5.35. The second kappa shape index (κ2) is 5.75. The van der Waals surface area contributed by atoms with Gasteiger partial charge in [-0.25, -0.2) is 4.98 Å². The van der Waals surface area contributed by atoms with Gasteiger partial charge in [0.25, 0.3) is 0 Å². The molecule has 0 radical (unpaired) electrons. The van der Waals surface area contributed by atoms with Crippen LogP contribution in [0.5, 0.6) is 0 Å². The fourth-order valence-corrected chi connectivity index (χ4v) is 3.45. The molecule has 1 aliphatic heterocycles. The first-order valence-electron chi connectivity index (χ1n) is 8.47. The highest BCUT2D eigenvalue weighted by atomic mass is 16.3. The van der Waals surface area contributed by atoms with Crippen LogP contribution in [0.2, 0.25) is 0 Å². The minimum Gasteiger partial charge on any atom is -0.453 e. The molecule has 2 aliphatic rings. The monoisotopic (exact) mass is 317 g/mol. The van der Waals surface area contributed by atoms with Crippen molar-refractivity contribution in [1.82, 2.24) is 4.98 Å². The summed E-state index contributed by atoms with van der Waals surface area (Å²) in [4.78, 5) is 17.1. The van der Waals surface area contributed by atoms with Crippen LogP contribution in [0.3, 0.4) is 0 Å². The molecule has 0 saturated heterocycles. The number of nitrogens with zero attached hydrogens (tertiary/aromatic N) is 1. The summed E-state index contributed by atoms with van der Waals surface area (Å²) in [7, 11) is 0. The number of benzene rings is 3. The van der Waals surface area contributed by atoms with Gasteiger partial charge in [0.05, 0.1) is 0 Å². The van der Waals surface area contributed by atoms with Gasteiger partial charge in [-0.15, -0.1) is 0 Å². The lowest BCUT2D eigenvalue weighted by Gasteiger charge is -2.14. The van der Waals surface area contributed by atoms with Gasteiger partial charge in [0.1, 0.15) is 11.2 Å². The van der Waals surface area contributed by atoms with Gasteiger partial charge in [0, 0.05) is 16.8 Å².